The molecular weight excluding hydrogens is 350 g/mol. The maximum absolute atomic E-state index is 12.8. The number of nitrogens with zero attached hydrogens (tertiary/aromatic N) is 2. The molecule has 0 aromatic heterocycles. The SMILES string of the molecule is CC1CCN(S(=O)(=O)c2ccc(C(=O)N3CC(CN)CC3C)cc2)CC1. The summed E-state index contributed by atoms with van der Waals surface area (Å²) >= 11 is 0. The number of rotatable bonds is 4. The van der Waals surface area contributed by atoms with Crippen molar-refractivity contribution >= 4 is 15.9 Å². The molecule has 0 radical (unpaired) electrons. The minimum Gasteiger partial charge on any atom is -0.336 e. The molecule has 0 aliphatic carbocycles. The molecule has 2 atom stereocenters. The van der Waals surface area contributed by atoms with Crippen LogP contribution in [-0.4, -0.2) is 55.8 Å². The normalized spacial score (nSPS) is 25.6. The summed E-state index contributed by atoms with van der Waals surface area (Å²) in [5, 5.41) is 0. The number of hydrogen-bond donors (Lipinski definition) is 1. The summed E-state index contributed by atoms with van der Waals surface area (Å²) in [5.41, 5.74) is 6.26. The summed E-state index contributed by atoms with van der Waals surface area (Å²) in [6.07, 6.45) is 2.71. The summed E-state index contributed by atoms with van der Waals surface area (Å²) < 4.78 is 27.1. The highest BCUT2D eigenvalue weighted by Crippen LogP contribution is 2.26. The number of carbonyl (C=O) groups is 1. The highest BCUT2D eigenvalue weighted by molar-refractivity contribution is 7.89. The number of amides is 1. The van der Waals surface area contributed by atoms with Crippen LogP contribution in [0.2, 0.25) is 0 Å². The fourth-order valence-corrected chi connectivity index (χ4v) is 5.38. The van der Waals surface area contributed by atoms with E-state index in [0.717, 1.165) is 19.3 Å². The van der Waals surface area contributed by atoms with E-state index in [0.29, 0.717) is 43.6 Å². The average molecular weight is 380 g/mol. The van der Waals surface area contributed by atoms with Gasteiger partial charge in [0.25, 0.3) is 5.91 Å². The highest BCUT2D eigenvalue weighted by atomic mass is 32.2. The van der Waals surface area contributed by atoms with Crippen molar-refractivity contribution in [3.63, 3.8) is 0 Å². The standard InChI is InChI=1S/C19H29N3O3S/c1-14-7-9-21(10-8-14)26(24,25)18-5-3-17(4-6-18)19(23)22-13-16(12-20)11-15(22)2/h3-6,14-16H,7-13,20H2,1-2H3. The van der Waals surface area contributed by atoms with Gasteiger partial charge in [0.05, 0.1) is 4.90 Å². The van der Waals surface area contributed by atoms with E-state index >= 15 is 0 Å². The lowest BCUT2D eigenvalue weighted by Gasteiger charge is -2.29. The summed E-state index contributed by atoms with van der Waals surface area (Å²) in [5.74, 6) is 0.862. The molecule has 1 aromatic rings. The zero-order valence-corrected chi connectivity index (χ0v) is 16.4. The van der Waals surface area contributed by atoms with Crippen molar-refractivity contribution in [3.8, 4) is 0 Å². The smallest absolute Gasteiger partial charge is 0.254 e. The van der Waals surface area contributed by atoms with E-state index in [1.165, 1.54) is 0 Å². The van der Waals surface area contributed by atoms with Crippen LogP contribution in [0, 0.1) is 11.8 Å². The predicted molar refractivity (Wildman–Crippen MR) is 101 cm³/mol. The second kappa shape index (κ2) is 7.66. The van der Waals surface area contributed by atoms with Gasteiger partial charge in [0.2, 0.25) is 10.0 Å². The molecule has 2 aliphatic rings. The van der Waals surface area contributed by atoms with Crippen LogP contribution in [0.25, 0.3) is 0 Å². The van der Waals surface area contributed by atoms with Crippen molar-refractivity contribution in [1.82, 2.24) is 9.21 Å². The summed E-state index contributed by atoms with van der Waals surface area (Å²) in [7, 11) is -3.48. The Labute approximate surface area is 156 Å². The number of sulfonamides is 1. The third kappa shape index (κ3) is 3.80. The van der Waals surface area contributed by atoms with Gasteiger partial charge in [-0.15, -0.1) is 0 Å². The molecule has 0 spiro atoms. The molecule has 2 heterocycles. The molecular formula is C19H29N3O3S. The Balaban J connectivity index is 1.73. The first-order valence-electron chi connectivity index (χ1n) is 9.44. The van der Waals surface area contributed by atoms with Crippen LogP contribution in [0.4, 0.5) is 0 Å². The van der Waals surface area contributed by atoms with E-state index in [9.17, 15) is 13.2 Å². The third-order valence-electron chi connectivity index (χ3n) is 5.74. The maximum Gasteiger partial charge on any atom is 0.254 e. The van der Waals surface area contributed by atoms with Gasteiger partial charge in [-0.3, -0.25) is 4.79 Å². The van der Waals surface area contributed by atoms with Gasteiger partial charge >= 0.3 is 0 Å². The molecule has 1 aromatic carbocycles. The van der Waals surface area contributed by atoms with Crippen LogP contribution in [0.15, 0.2) is 29.2 Å². The molecule has 144 valence electrons. The van der Waals surface area contributed by atoms with Crippen LogP contribution in [0.5, 0.6) is 0 Å². The summed E-state index contributed by atoms with van der Waals surface area (Å²) in [4.78, 5) is 14.8. The lowest BCUT2D eigenvalue weighted by Crippen LogP contribution is -2.38. The van der Waals surface area contributed by atoms with E-state index < -0.39 is 10.0 Å². The molecule has 2 saturated heterocycles. The Bertz CT molecular complexity index is 740. The second-order valence-corrected chi connectivity index (χ2v) is 9.69. The number of hydrogen-bond acceptors (Lipinski definition) is 4. The molecule has 0 saturated carbocycles. The Hall–Kier alpha value is -1.44. The quantitative estimate of drug-likeness (QED) is 0.866. The van der Waals surface area contributed by atoms with Gasteiger partial charge in [-0.25, -0.2) is 8.42 Å². The van der Waals surface area contributed by atoms with E-state index in [-0.39, 0.29) is 16.8 Å². The highest BCUT2D eigenvalue weighted by Gasteiger charge is 2.32. The zero-order valence-electron chi connectivity index (χ0n) is 15.6. The largest absolute Gasteiger partial charge is 0.336 e. The Morgan fingerprint density at radius 3 is 2.31 bits per heavy atom. The van der Waals surface area contributed by atoms with Gasteiger partial charge in [0.15, 0.2) is 0 Å². The van der Waals surface area contributed by atoms with Crippen molar-refractivity contribution < 1.29 is 13.2 Å². The predicted octanol–water partition coefficient (Wildman–Crippen LogP) is 1.92. The Morgan fingerprint density at radius 1 is 1.15 bits per heavy atom. The van der Waals surface area contributed by atoms with Gasteiger partial charge in [0.1, 0.15) is 0 Å². The molecule has 3 rings (SSSR count). The van der Waals surface area contributed by atoms with Crippen LogP contribution in [0.1, 0.15) is 43.5 Å². The molecule has 6 nitrogen and oxygen atoms in total. The minimum atomic E-state index is -3.48. The zero-order chi connectivity index (χ0) is 18.9. The average Bonchev–Trinajstić information content (AvgIpc) is 3.02. The van der Waals surface area contributed by atoms with Gasteiger partial charge < -0.3 is 10.6 Å². The molecule has 2 fully saturated rings. The van der Waals surface area contributed by atoms with Crippen LogP contribution in [0.3, 0.4) is 0 Å². The van der Waals surface area contributed by atoms with Crippen molar-refractivity contribution in [2.45, 2.75) is 44.0 Å². The fraction of sp³-hybridized carbons (Fsp3) is 0.632. The van der Waals surface area contributed by atoms with Crippen molar-refractivity contribution in [2.75, 3.05) is 26.2 Å². The number of likely N-dealkylation sites (tertiary alicyclic amines) is 1. The molecule has 0 bridgehead atoms. The lowest BCUT2D eigenvalue weighted by atomic mass is 10.0. The van der Waals surface area contributed by atoms with Crippen LogP contribution in [-0.2, 0) is 10.0 Å². The number of nitrogens with two attached hydrogens (primary N) is 1. The van der Waals surface area contributed by atoms with Crippen molar-refractivity contribution in [1.29, 1.82) is 0 Å². The lowest BCUT2D eigenvalue weighted by molar-refractivity contribution is 0.0743. The number of benzene rings is 1. The monoisotopic (exact) mass is 379 g/mol. The molecule has 2 unspecified atom stereocenters. The molecule has 2 aliphatic heterocycles. The molecule has 1 amide bonds. The topological polar surface area (TPSA) is 83.7 Å². The Kier molecular flexibility index (Phi) is 5.69. The maximum atomic E-state index is 12.8. The van der Waals surface area contributed by atoms with Gasteiger partial charge in [-0.2, -0.15) is 4.31 Å². The second-order valence-electron chi connectivity index (χ2n) is 7.75. The summed E-state index contributed by atoms with van der Waals surface area (Å²) in [6, 6.07) is 6.53. The first kappa shape index (κ1) is 19.3. The molecule has 7 heteroatoms. The number of piperidine rings is 1. The van der Waals surface area contributed by atoms with Gasteiger partial charge in [-0.1, -0.05) is 6.92 Å². The van der Waals surface area contributed by atoms with E-state index in [4.69, 9.17) is 5.73 Å². The van der Waals surface area contributed by atoms with Crippen molar-refractivity contribution in [2.24, 2.45) is 17.6 Å². The molecule has 26 heavy (non-hydrogen) atoms. The minimum absolute atomic E-state index is 0.0517. The van der Waals surface area contributed by atoms with Gasteiger partial charge in [0, 0.05) is 31.2 Å². The van der Waals surface area contributed by atoms with E-state index in [1.807, 2.05) is 11.8 Å². The third-order valence-corrected chi connectivity index (χ3v) is 7.65. The molecule has 2 N–H and O–H groups in total. The number of carbonyl (C=O) groups excluding carboxylic acids is 1. The van der Waals surface area contributed by atoms with E-state index in [2.05, 4.69) is 6.92 Å². The van der Waals surface area contributed by atoms with E-state index in [1.54, 1.807) is 28.6 Å². The Morgan fingerprint density at radius 2 is 1.77 bits per heavy atom. The van der Waals surface area contributed by atoms with Gasteiger partial charge in [-0.05, 0) is 68.8 Å². The first-order valence-corrected chi connectivity index (χ1v) is 10.9. The van der Waals surface area contributed by atoms with Crippen LogP contribution >= 0.6 is 0 Å². The fourth-order valence-electron chi connectivity index (χ4n) is 3.91. The van der Waals surface area contributed by atoms with Crippen LogP contribution < -0.4 is 5.73 Å². The summed E-state index contributed by atoms with van der Waals surface area (Å²) in [6.45, 7) is 6.57. The van der Waals surface area contributed by atoms with Crippen molar-refractivity contribution in [3.05, 3.63) is 29.8 Å². The first-order chi connectivity index (χ1) is 12.3.